The highest BCUT2D eigenvalue weighted by atomic mass is 35.5. The first-order valence-corrected chi connectivity index (χ1v) is 10.5. The second-order valence-electron chi connectivity index (χ2n) is 7.13. The van der Waals surface area contributed by atoms with E-state index in [0.717, 1.165) is 11.1 Å². The van der Waals surface area contributed by atoms with Gasteiger partial charge in [-0.05, 0) is 71.3 Å². The molecule has 0 saturated carbocycles. The lowest BCUT2D eigenvalue weighted by atomic mass is 10.0. The molecule has 0 aliphatic heterocycles. The van der Waals surface area contributed by atoms with Crippen molar-refractivity contribution in [1.82, 2.24) is 15.3 Å². The molecule has 0 unspecified atom stereocenters. The van der Waals surface area contributed by atoms with Gasteiger partial charge in [0.1, 0.15) is 12.4 Å². The van der Waals surface area contributed by atoms with Crippen LogP contribution in [0.4, 0.5) is 14.9 Å². The van der Waals surface area contributed by atoms with E-state index in [1.54, 1.807) is 67.0 Å². The van der Waals surface area contributed by atoms with Crippen molar-refractivity contribution in [3.8, 4) is 16.9 Å². The summed E-state index contributed by atoms with van der Waals surface area (Å²) in [5.74, 6) is 0.0297. The van der Waals surface area contributed by atoms with Gasteiger partial charge in [-0.3, -0.25) is 4.98 Å². The number of carbonyl (C=O) groups is 1. The SMILES string of the molecule is O=C(NCc1cccnc1)Nc1ccc(OCc2ccc(Cl)cc2-c2cccnc2F)cc1. The first-order valence-electron chi connectivity index (χ1n) is 10.1. The number of nitrogens with one attached hydrogen (secondary N) is 2. The molecule has 0 aliphatic rings. The van der Waals surface area contributed by atoms with E-state index in [1.165, 1.54) is 6.20 Å². The molecule has 8 heteroatoms. The maximum absolute atomic E-state index is 14.2. The Morgan fingerprint density at radius 3 is 2.58 bits per heavy atom. The number of carbonyl (C=O) groups excluding carboxylic acids is 1. The summed E-state index contributed by atoms with van der Waals surface area (Å²) < 4.78 is 20.1. The molecule has 0 saturated heterocycles. The lowest BCUT2D eigenvalue weighted by molar-refractivity contribution is 0.251. The third-order valence-electron chi connectivity index (χ3n) is 4.80. The van der Waals surface area contributed by atoms with E-state index in [9.17, 15) is 9.18 Å². The average Bonchev–Trinajstić information content (AvgIpc) is 2.84. The molecule has 166 valence electrons. The third-order valence-corrected chi connectivity index (χ3v) is 5.04. The van der Waals surface area contributed by atoms with Crippen LogP contribution in [0.3, 0.4) is 0 Å². The van der Waals surface area contributed by atoms with Gasteiger partial charge in [-0.2, -0.15) is 4.39 Å². The van der Waals surface area contributed by atoms with Gasteiger partial charge in [-0.25, -0.2) is 9.78 Å². The van der Waals surface area contributed by atoms with Gasteiger partial charge in [0.05, 0.1) is 0 Å². The summed E-state index contributed by atoms with van der Waals surface area (Å²) in [6, 6.07) is 18.9. The Morgan fingerprint density at radius 2 is 1.82 bits per heavy atom. The smallest absolute Gasteiger partial charge is 0.319 e. The fraction of sp³-hybridized carbons (Fsp3) is 0.0800. The maximum Gasteiger partial charge on any atom is 0.319 e. The Labute approximate surface area is 195 Å². The molecule has 0 bridgehead atoms. The molecule has 0 fully saturated rings. The molecule has 6 nitrogen and oxygen atoms in total. The van der Waals surface area contributed by atoms with E-state index in [4.69, 9.17) is 16.3 Å². The Hall–Kier alpha value is -3.97. The zero-order chi connectivity index (χ0) is 23.0. The van der Waals surface area contributed by atoms with Crippen LogP contribution in [-0.4, -0.2) is 16.0 Å². The number of pyridine rings is 2. The lowest BCUT2D eigenvalue weighted by Crippen LogP contribution is -2.28. The molecule has 0 radical (unpaired) electrons. The van der Waals surface area contributed by atoms with Crippen LogP contribution >= 0.6 is 11.6 Å². The van der Waals surface area contributed by atoms with Crippen molar-refractivity contribution in [1.29, 1.82) is 0 Å². The summed E-state index contributed by atoms with van der Waals surface area (Å²) in [5, 5.41) is 6.03. The Bertz CT molecular complexity index is 1240. The molecule has 4 rings (SSSR count). The van der Waals surface area contributed by atoms with Crippen LogP contribution in [0.2, 0.25) is 5.02 Å². The number of amides is 2. The summed E-state index contributed by atoms with van der Waals surface area (Å²) in [5.41, 5.74) is 3.27. The molecule has 0 aliphatic carbocycles. The monoisotopic (exact) mass is 462 g/mol. The number of nitrogens with zero attached hydrogens (tertiary/aromatic N) is 2. The fourth-order valence-electron chi connectivity index (χ4n) is 3.17. The van der Waals surface area contributed by atoms with Gasteiger partial charge in [-0.1, -0.05) is 23.7 Å². The van der Waals surface area contributed by atoms with Crippen LogP contribution in [0.1, 0.15) is 11.1 Å². The minimum Gasteiger partial charge on any atom is -0.489 e. The molecular formula is C25H20ClFN4O2. The van der Waals surface area contributed by atoms with Gasteiger partial charge >= 0.3 is 6.03 Å². The number of urea groups is 1. The predicted octanol–water partition coefficient (Wildman–Crippen LogP) is 5.84. The van der Waals surface area contributed by atoms with E-state index in [2.05, 4.69) is 20.6 Å². The first-order chi connectivity index (χ1) is 16.1. The van der Waals surface area contributed by atoms with Crippen LogP contribution in [0.5, 0.6) is 5.75 Å². The molecule has 4 aromatic rings. The second-order valence-corrected chi connectivity index (χ2v) is 7.56. The first kappa shape index (κ1) is 22.2. The highest BCUT2D eigenvalue weighted by Crippen LogP contribution is 2.29. The number of hydrogen-bond donors (Lipinski definition) is 2. The fourth-order valence-corrected chi connectivity index (χ4v) is 3.34. The summed E-state index contributed by atoms with van der Waals surface area (Å²) >= 11 is 6.13. The van der Waals surface area contributed by atoms with Crippen LogP contribution in [0.25, 0.3) is 11.1 Å². The van der Waals surface area contributed by atoms with Crippen molar-refractivity contribution in [3.05, 3.63) is 107 Å². The molecule has 2 aromatic heterocycles. The lowest BCUT2D eigenvalue weighted by Gasteiger charge is -2.13. The molecule has 2 heterocycles. The van der Waals surface area contributed by atoms with Crippen LogP contribution < -0.4 is 15.4 Å². The van der Waals surface area contributed by atoms with E-state index in [0.29, 0.717) is 34.1 Å². The number of hydrogen-bond acceptors (Lipinski definition) is 4. The van der Waals surface area contributed by atoms with Gasteiger partial charge in [0.15, 0.2) is 0 Å². The molecule has 2 amide bonds. The average molecular weight is 463 g/mol. The highest BCUT2D eigenvalue weighted by Gasteiger charge is 2.12. The summed E-state index contributed by atoms with van der Waals surface area (Å²) in [6.07, 6.45) is 4.77. The van der Waals surface area contributed by atoms with Gasteiger partial charge in [0, 0.05) is 41.4 Å². The predicted molar refractivity (Wildman–Crippen MR) is 126 cm³/mol. The Balaban J connectivity index is 1.36. The summed E-state index contributed by atoms with van der Waals surface area (Å²) in [6.45, 7) is 0.584. The van der Waals surface area contributed by atoms with Crippen molar-refractivity contribution in [3.63, 3.8) is 0 Å². The molecule has 2 aromatic carbocycles. The van der Waals surface area contributed by atoms with Crippen LogP contribution in [0, 0.1) is 5.95 Å². The van der Waals surface area contributed by atoms with Gasteiger partial charge in [0.25, 0.3) is 0 Å². The molecule has 2 N–H and O–H groups in total. The topological polar surface area (TPSA) is 76.1 Å². The van der Waals surface area contributed by atoms with Crippen LogP contribution in [-0.2, 0) is 13.2 Å². The minimum absolute atomic E-state index is 0.208. The molecule has 0 atom stereocenters. The van der Waals surface area contributed by atoms with Crippen molar-refractivity contribution in [2.75, 3.05) is 5.32 Å². The normalized spacial score (nSPS) is 10.5. The second kappa shape index (κ2) is 10.6. The van der Waals surface area contributed by atoms with Crippen molar-refractivity contribution >= 4 is 23.3 Å². The maximum atomic E-state index is 14.2. The zero-order valence-corrected chi connectivity index (χ0v) is 18.2. The van der Waals surface area contributed by atoms with E-state index >= 15 is 0 Å². The third kappa shape index (κ3) is 6.05. The minimum atomic E-state index is -0.571. The number of halogens is 2. The van der Waals surface area contributed by atoms with Crippen LogP contribution in [0.15, 0.2) is 85.3 Å². The summed E-state index contributed by atoms with van der Waals surface area (Å²) in [4.78, 5) is 19.8. The zero-order valence-electron chi connectivity index (χ0n) is 17.5. The quantitative estimate of drug-likeness (QED) is 0.338. The van der Waals surface area contributed by atoms with Gasteiger partial charge in [0.2, 0.25) is 5.95 Å². The molecule has 0 spiro atoms. The Kier molecular flexibility index (Phi) is 7.12. The van der Waals surface area contributed by atoms with E-state index in [1.807, 2.05) is 12.1 Å². The number of anilines is 1. The van der Waals surface area contributed by atoms with Crippen molar-refractivity contribution < 1.29 is 13.9 Å². The van der Waals surface area contributed by atoms with Gasteiger partial charge in [-0.15, -0.1) is 0 Å². The number of ether oxygens (including phenoxy) is 1. The highest BCUT2D eigenvalue weighted by molar-refractivity contribution is 6.30. The molecular weight excluding hydrogens is 443 g/mol. The largest absolute Gasteiger partial charge is 0.489 e. The van der Waals surface area contributed by atoms with Gasteiger partial charge < -0.3 is 15.4 Å². The van der Waals surface area contributed by atoms with Crippen molar-refractivity contribution in [2.24, 2.45) is 0 Å². The Morgan fingerprint density at radius 1 is 1.00 bits per heavy atom. The van der Waals surface area contributed by atoms with Crippen molar-refractivity contribution in [2.45, 2.75) is 13.2 Å². The summed E-state index contributed by atoms with van der Waals surface area (Å²) in [7, 11) is 0. The van der Waals surface area contributed by atoms with E-state index < -0.39 is 5.95 Å². The molecule has 33 heavy (non-hydrogen) atoms. The van der Waals surface area contributed by atoms with E-state index in [-0.39, 0.29) is 12.6 Å². The standard InChI is InChI=1S/C25H20ClFN4O2/c26-19-6-5-18(23(13-19)22-4-2-12-29-24(22)27)16-33-21-9-7-20(8-10-21)31-25(32)30-15-17-3-1-11-28-14-17/h1-14H,15-16H2,(H2,30,31,32). The number of aromatic nitrogens is 2. The number of benzene rings is 2. The number of rotatable bonds is 7.